The molecule has 1 heterocycles. The van der Waals surface area contributed by atoms with Gasteiger partial charge in [-0.1, -0.05) is 0 Å². The number of carbonyl (C=O) groups excluding carboxylic acids is 1. The summed E-state index contributed by atoms with van der Waals surface area (Å²) in [4.78, 5) is 10.5. The minimum atomic E-state index is 0. The van der Waals surface area contributed by atoms with Gasteiger partial charge in [0.2, 0.25) is 0 Å². The maximum absolute atomic E-state index is 10.5. The molecule has 0 unspecified atom stereocenters. The maximum Gasteiger partial charge on any atom is 0.135 e. The van der Waals surface area contributed by atoms with E-state index in [1.807, 2.05) is 0 Å². The van der Waals surface area contributed by atoms with Gasteiger partial charge in [0, 0.05) is 25.9 Å². The number of nitrogens with zero attached hydrogens (tertiary/aromatic N) is 1. The third-order valence-corrected chi connectivity index (χ3v) is 1.30. The first-order valence-corrected chi connectivity index (χ1v) is 2.74. The summed E-state index contributed by atoms with van der Waals surface area (Å²) < 4.78 is 0. The van der Waals surface area contributed by atoms with E-state index >= 15 is 0 Å². The quantitative estimate of drug-likeness (QED) is 0.547. The Hall–Kier alpha value is -0.120. The van der Waals surface area contributed by atoms with E-state index in [1.165, 1.54) is 5.06 Å². The summed E-state index contributed by atoms with van der Waals surface area (Å²) in [7, 11) is 0. The van der Waals surface area contributed by atoms with Gasteiger partial charge in [-0.25, -0.2) is 0 Å². The van der Waals surface area contributed by atoms with Gasteiger partial charge >= 0.3 is 0 Å². The largest absolute Gasteiger partial charge is 0.314 e. The van der Waals surface area contributed by atoms with Gasteiger partial charge in [0.15, 0.2) is 0 Å². The molecular formula is C5H10ClNO2. The predicted molar refractivity (Wildman–Crippen MR) is 34.8 cm³/mol. The Morgan fingerprint density at radius 3 is 2.11 bits per heavy atom. The van der Waals surface area contributed by atoms with E-state index in [1.54, 1.807) is 0 Å². The first kappa shape index (κ1) is 8.88. The number of halogens is 1. The number of hydrogen-bond acceptors (Lipinski definition) is 3. The Morgan fingerprint density at radius 2 is 1.78 bits per heavy atom. The lowest BCUT2D eigenvalue weighted by Crippen LogP contribution is -2.30. The molecule has 1 rings (SSSR count). The Kier molecular flexibility index (Phi) is 3.77. The average Bonchev–Trinajstić information content (AvgIpc) is 1.77. The Balaban J connectivity index is 0.000000640. The van der Waals surface area contributed by atoms with Crippen molar-refractivity contribution >= 4 is 18.2 Å². The Labute approximate surface area is 60.0 Å². The summed E-state index contributed by atoms with van der Waals surface area (Å²) in [6.07, 6.45) is 1.02. The lowest BCUT2D eigenvalue weighted by molar-refractivity contribution is -0.138. The molecule has 1 saturated heterocycles. The molecule has 0 aromatic carbocycles. The van der Waals surface area contributed by atoms with Crippen LogP contribution in [0.25, 0.3) is 0 Å². The summed E-state index contributed by atoms with van der Waals surface area (Å²) in [6, 6.07) is 0. The second kappa shape index (κ2) is 3.82. The molecule has 1 fully saturated rings. The van der Waals surface area contributed by atoms with Gasteiger partial charge in [0.25, 0.3) is 0 Å². The number of Topliss-reactive ketones (excluding diaryl/α,β-unsaturated/α-hetero) is 1. The fourth-order valence-corrected chi connectivity index (χ4v) is 0.744. The van der Waals surface area contributed by atoms with Gasteiger partial charge in [-0.05, 0) is 0 Å². The molecular weight excluding hydrogens is 142 g/mol. The molecule has 0 atom stereocenters. The van der Waals surface area contributed by atoms with Crippen LogP contribution in [0, 0.1) is 0 Å². The van der Waals surface area contributed by atoms with Crippen molar-refractivity contribution in [2.45, 2.75) is 12.8 Å². The molecule has 0 radical (unpaired) electrons. The smallest absolute Gasteiger partial charge is 0.135 e. The van der Waals surface area contributed by atoms with Crippen molar-refractivity contribution in [2.75, 3.05) is 13.1 Å². The van der Waals surface area contributed by atoms with Gasteiger partial charge in [0.1, 0.15) is 5.78 Å². The van der Waals surface area contributed by atoms with Gasteiger partial charge in [-0.2, -0.15) is 5.06 Å². The topological polar surface area (TPSA) is 40.5 Å². The number of hydroxylamine groups is 2. The molecule has 4 heteroatoms. The molecule has 1 aliphatic heterocycles. The zero-order chi connectivity index (χ0) is 5.98. The van der Waals surface area contributed by atoms with Crippen molar-refractivity contribution in [1.29, 1.82) is 0 Å². The van der Waals surface area contributed by atoms with Gasteiger partial charge < -0.3 is 5.21 Å². The second-order valence-corrected chi connectivity index (χ2v) is 1.99. The summed E-state index contributed by atoms with van der Waals surface area (Å²) >= 11 is 0. The molecule has 0 spiro atoms. The number of carbonyl (C=O) groups is 1. The van der Waals surface area contributed by atoms with Crippen LogP contribution in [-0.4, -0.2) is 29.1 Å². The van der Waals surface area contributed by atoms with E-state index in [-0.39, 0.29) is 18.2 Å². The van der Waals surface area contributed by atoms with Gasteiger partial charge in [0.05, 0.1) is 0 Å². The minimum Gasteiger partial charge on any atom is -0.314 e. The lowest BCUT2D eigenvalue weighted by atomic mass is 10.1. The highest BCUT2D eigenvalue weighted by molar-refractivity contribution is 5.85. The molecule has 0 saturated carbocycles. The summed E-state index contributed by atoms with van der Waals surface area (Å²) in [5.41, 5.74) is 0. The molecule has 0 amide bonds. The molecule has 0 bridgehead atoms. The van der Waals surface area contributed by atoms with E-state index in [0.29, 0.717) is 25.9 Å². The van der Waals surface area contributed by atoms with Crippen LogP contribution < -0.4 is 0 Å². The number of ketones is 1. The number of rotatable bonds is 0. The van der Waals surface area contributed by atoms with Crippen LogP contribution in [0.2, 0.25) is 0 Å². The fraction of sp³-hybridized carbons (Fsp3) is 0.800. The van der Waals surface area contributed by atoms with Gasteiger partial charge in [-0.15, -0.1) is 12.4 Å². The van der Waals surface area contributed by atoms with Crippen LogP contribution in [0.1, 0.15) is 12.8 Å². The van der Waals surface area contributed by atoms with Crippen LogP contribution in [0.15, 0.2) is 0 Å². The molecule has 54 valence electrons. The summed E-state index contributed by atoms with van der Waals surface area (Å²) in [6.45, 7) is 1.03. The first-order valence-electron chi connectivity index (χ1n) is 2.74. The molecule has 9 heavy (non-hydrogen) atoms. The second-order valence-electron chi connectivity index (χ2n) is 1.99. The molecule has 0 aliphatic carbocycles. The average molecular weight is 152 g/mol. The highest BCUT2D eigenvalue weighted by Gasteiger charge is 2.12. The predicted octanol–water partition coefficient (Wildman–Crippen LogP) is 0.462. The molecule has 1 aliphatic rings. The monoisotopic (exact) mass is 151 g/mol. The zero-order valence-corrected chi connectivity index (χ0v) is 5.86. The van der Waals surface area contributed by atoms with Crippen molar-refractivity contribution in [3.8, 4) is 0 Å². The molecule has 0 aromatic rings. The highest BCUT2D eigenvalue weighted by Crippen LogP contribution is 2.00. The summed E-state index contributed by atoms with van der Waals surface area (Å²) in [5, 5.41) is 9.89. The standard InChI is InChI=1S/C5H9NO2.ClH/c7-5-1-3-6(8)4-2-5;/h8H,1-4H2;1H. The SMILES string of the molecule is Cl.O=C1CCN(O)CC1. The first-order chi connectivity index (χ1) is 3.79. The maximum atomic E-state index is 10.5. The van der Waals surface area contributed by atoms with E-state index in [4.69, 9.17) is 5.21 Å². The van der Waals surface area contributed by atoms with E-state index in [0.717, 1.165) is 0 Å². The zero-order valence-electron chi connectivity index (χ0n) is 5.04. The van der Waals surface area contributed by atoms with E-state index < -0.39 is 0 Å². The fourth-order valence-electron chi connectivity index (χ4n) is 0.744. The third-order valence-electron chi connectivity index (χ3n) is 1.30. The Morgan fingerprint density at radius 1 is 1.33 bits per heavy atom. The van der Waals surface area contributed by atoms with Crippen molar-refractivity contribution in [3.63, 3.8) is 0 Å². The normalized spacial score (nSPS) is 21.2. The van der Waals surface area contributed by atoms with E-state index in [2.05, 4.69) is 0 Å². The molecule has 3 nitrogen and oxygen atoms in total. The lowest BCUT2D eigenvalue weighted by Gasteiger charge is -2.17. The van der Waals surface area contributed by atoms with E-state index in [9.17, 15) is 4.79 Å². The van der Waals surface area contributed by atoms with Crippen molar-refractivity contribution < 1.29 is 10.0 Å². The third kappa shape index (κ3) is 2.79. The Bertz CT molecular complexity index is 97.1. The van der Waals surface area contributed by atoms with Crippen LogP contribution in [0.3, 0.4) is 0 Å². The number of piperidine rings is 1. The van der Waals surface area contributed by atoms with Crippen molar-refractivity contribution in [2.24, 2.45) is 0 Å². The summed E-state index contributed by atoms with van der Waals surface area (Å²) in [5.74, 6) is 0.260. The van der Waals surface area contributed by atoms with Gasteiger partial charge in [-0.3, -0.25) is 4.79 Å². The molecule has 0 aromatic heterocycles. The number of hydrogen-bond donors (Lipinski definition) is 1. The van der Waals surface area contributed by atoms with Crippen LogP contribution in [0.4, 0.5) is 0 Å². The van der Waals surface area contributed by atoms with Crippen LogP contribution in [0.5, 0.6) is 0 Å². The van der Waals surface area contributed by atoms with Crippen LogP contribution in [-0.2, 0) is 4.79 Å². The molecule has 1 N–H and O–H groups in total. The van der Waals surface area contributed by atoms with Crippen molar-refractivity contribution in [3.05, 3.63) is 0 Å². The van der Waals surface area contributed by atoms with Crippen molar-refractivity contribution in [1.82, 2.24) is 5.06 Å². The highest BCUT2D eigenvalue weighted by atomic mass is 35.5. The minimum absolute atomic E-state index is 0. The van der Waals surface area contributed by atoms with Crippen LogP contribution >= 0.6 is 12.4 Å².